The van der Waals surface area contributed by atoms with Crippen LogP contribution in [0.1, 0.15) is 38.7 Å². The normalized spacial score (nSPS) is 12.6. The first kappa shape index (κ1) is 14.2. The molecule has 0 fully saturated rings. The zero-order chi connectivity index (χ0) is 13.0. The SMILES string of the molecule is CCC(=O)C(c1ccc(OC)c(Br)c1)C(C)C. The molecule has 0 aliphatic carbocycles. The minimum Gasteiger partial charge on any atom is -0.496 e. The zero-order valence-electron chi connectivity index (χ0n) is 10.8. The summed E-state index contributed by atoms with van der Waals surface area (Å²) in [7, 11) is 1.64. The molecule has 2 nitrogen and oxygen atoms in total. The van der Waals surface area contributed by atoms with Gasteiger partial charge in [-0.15, -0.1) is 0 Å². The lowest BCUT2D eigenvalue weighted by atomic mass is 9.84. The van der Waals surface area contributed by atoms with Crippen molar-refractivity contribution in [1.29, 1.82) is 0 Å². The molecule has 1 atom stereocenters. The highest BCUT2D eigenvalue weighted by Crippen LogP contribution is 2.32. The fourth-order valence-electron chi connectivity index (χ4n) is 2.04. The molecule has 0 aliphatic rings. The second kappa shape index (κ2) is 6.20. The summed E-state index contributed by atoms with van der Waals surface area (Å²) in [6.07, 6.45) is 0.576. The molecule has 94 valence electrons. The Balaban J connectivity index is 3.11. The second-order valence-corrected chi connectivity index (χ2v) is 5.29. The van der Waals surface area contributed by atoms with Crippen LogP contribution in [0.4, 0.5) is 0 Å². The molecule has 0 saturated carbocycles. The maximum atomic E-state index is 12.0. The van der Waals surface area contributed by atoms with Crippen molar-refractivity contribution in [3.05, 3.63) is 28.2 Å². The van der Waals surface area contributed by atoms with Crippen molar-refractivity contribution in [2.45, 2.75) is 33.1 Å². The van der Waals surface area contributed by atoms with E-state index in [4.69, 9.17) is 4.74 Å². The Hall–Kier alpha value is -0.830. The van der Waals surface area contributed by atoms with E-state index in [0.29, 0.717) is 12.3 Å². The summed E-state index contributed by atoms with van der Waals surface area (Å²) >= 11 is 3.46. The van der Waals surface area contributed by atoms with Crippen molar-refractivity contribution in [2.75, 3.05) is 7.11 Å². The number of halogens is 1. The summed E-state index contributed by atoms with van der Waals surface area (Å²) in [5.41, 5.74) is 1.06. The molecular formula is C14H19BrO2. The molecule has 0 aliphatic heterocycles. The van der Waals surface area contributed by atoms with Gasteiger partial charge in [0.15, 0.2) is 0 Å². The Bertz CT molecular complexity index is 399. The minimum atomic E-state index is -0.0257. The highest BCUT2D eigenvalue weighted by atomic mass is 79.9. The maximum absolute atomic E-state index is 12.0. The summed E-state index contributed by atoms with van der Waals surface area (Å²) in [6, 6.07) is 5.86. The van der Waals surface area contributed by atoms with Crippen LogP contribution in [-0.2, 0) is 4.79 Å². The Labute approximate surface area is 111 Å². The van der Waals surface area contributed by atoms with E-state index >= 15 is 0 Å². The lowest BCUT2D eigenvalue weighted by molar-refractivity contribution is -0.121. The number of hydrogen-bond donors (Lipinski definition) is 0. The van der Waals surface area contributed by atoms with E-state index in [9.17, 15) is 4.79 Å². The van der Waals surface area contributed by atoms with Gasteiger partial charge >= 0.3 is 0 Å². The molecule has 1 aromatic carbocycles. The molecule has 0 amide bonds. The quantitative estimate of drug-likeness (QED) is 0.815. The summed E-state index contributed by atoms with van der Waals surface area (Å²) in [6.45, 7) is 6.07. The van der Waals surface area contributed by atoms with Crippen LogP contribution in [0.3, 0.4) is 0 Å². The highest BCUT2D eigenvalue weighted by molar-refractivity contribution is 9.10. The van der Waals surface area contributed by atoms with Crippen molar-refractivity contribution in [2.24, 2.45) is 5.92 Å². The summed E-state index contributed by atoms with van der Waals surface area (Å²) in [5, 5.41) is 0. The van der Waals surface area contributed by atoms with E-state index in [1.54, 1.807) is 7.11 Å². The van der Waals surface area contributed by atoms with Crippen LogP contribution >= 0.6 is 15.9 Å². The van der Waals surface area contributed by atoms with E-state index in [1.807, 2.05) is 25.1 Å². The van der Waals surface area contributed by atoms with Crippen molar-refractivity contribution >= 4 is 21.7 Å². The van der Waals surface area contributed by atoms with Crippen molar-refractivity contribution in [3.8, 4) is 5.75 Å². The molecule has 0 saturated heterocycles. The van der Waals surface area contributed by atoms with Crippen molar-refractivity contribution in [3.63, 3.8) is 0 Å². The summed E-state index contributed by atoms with van der Waals surface area (Å²) in [5.74, 6) is 1.36. The Kier molecular flexibility index (Phi) is 5.19. The number of carbonyl (C=O) groups excluding carboxylic acids is 1. The van der Waals surface area contributed by atoms with E-state index in [2.05, 4.69) is 29.8 Å². The Morgan fingerprint density at radius 1 is 1.41 bits per heavy atom. The van der Waals surface area contributed by atoms with Gasteiger partial charge in [-0.05, 0) is 39.5 Å². The zero-order valence-corrected chi connectivity index (χ0v) is 12.4. The molecule has 0 bridgehead atoms. The molecule has 0 radical (unpaired) electrons. The molecule has 17 heavy (non-hydrogen) atoms. The van der Waals surface area contributed by atoms with Crippen LogP contribution in [0, 0.1) is 5.92 Å². The predicted molar refractivity (Wildman–Crippen MR) is 73.6 cm³/mol. The first-order chi connectivity index (χ1) is 8.01. The van der Waals surface area contributed by atoms with Crippen LogP contribution in [0.5, 0.6) is 5.75 Å². The number of benzene rings is 1. The van der Waals surface area contributed by atoms with E-state index < -0.39 is 0 Å². The number of carbonyl (C=O) groups is 1. The van der Waals surface area contributed by atoms with Crippen LogP contribution in [0.25, 0.3) is 0 Å². The number of ketones is 1. The highest BCUT2D eigenvalue weighted by Gasteiger charge is 2.23. The topological polar surface area (TPSA) is 26.3 Å². The third kappa shape index (κ3) is 3.32. The molecule has 3 heteroatoms. The van der Waals surface area contributed by atoms with Gasteiger partial charge in [-0.3, -0.25) is 4.79 Å². The van der Waals surface area contributed by atoms with Crippen molar-refractivity contribution in [1.82, 2.24) is 0 Å². The van der Waals surface area contributed by atoms with Crippen LogP contribution in [-0.4, -0.2) is 12.9 Å². The number of methoxy groups -OCH3 is 1. The second-order valence-electron chi connectivity index (χ2n) is 4.44. The van der Waals surface area contributed by atoms with Gasteiger partial charge in [-0.25, -0.2) is 0 Å². The Morgan fingerprint density at radius 3 is 2.47 bits per heavy atom. The third-order valence-corrected chi connectivity index (χ3v) is 3.52. The lowest BCUT2D eigenvalue weighted by Gasteiger charge is -2.20. The smallest absolute Gasteiger partial charge is 0.140 e. The Morgan fingerprint density at radius 2 is 2.06 bits per heavy atom. The van der Waals surface area contributed by atoms with Gasteiger partial charge < -0.3 is 4.74 Å². The fourth-order valence-corrected chi connectivity index (χ4v) is 2.60. The third-order valence-electron chi connectivity index (χ3n) is 2.90. The van der Waals surface area contributed by atoms with Gasteiger partial charge in [0.05, 0.1) is 11.6 Å². The molecule has 1 unspecified atom stereocenters. The van der Waals surface area contributed by atoms with E-state index in [0.717, 1.165) is 15.8 Å². The molecule has 1 aromatic rings. The first-order valence-electron chi connectivity index (χ1n) is 5.87. The number of rotatable bonds is 5. The minimum absolute atomic E-state index is 0.0257. The van der Waals surface area contributed by atoms with Crippen LogP contribution < -0.4 is 4.74 Å². The van der Waals surface area contributed by atoms with E-state index in [-0.39, 0.29) is 11.7 Å². The maximum Gasteiger partial charge on any atom is 0.140 e. The van der Waals surface area contributed by atoms with Gasteiger partial charge in [-0.2, -0.15) is 0 Å². The van der Waals surface area contributed by atoms with Gasteiger partial charge in [0, 0.05) is 12.3 Å². The molecule has 1 rings (SSSR count). The molecule has 0 N–H and O–H groups in total. The number of hydrogen-bond acceptors (Lipinski definition) is 2. The van der Waals surface area contributed by atoms with Crippen LogP contribution in [0.2, 0.25) is 0 Å². The monoisotopic (exact) mass is 298 g/mol. The van der Waals surface area contributed by atoms with Gasteiger partial charge in [0.1, 0.15) is 11.5 Å². The lowest BCUT2D eigenvalue weighted by Crippen LogP contribution is -2.17. The summed E-state index contributed by atoms with van der Waals surface area (Å²) in [4.78, 5) is 12.0. The predicted octanol–water partition coefficient (Wildman–Crippen LogP) is 4.18. The molecule has 0 aromatic heterocycles. The molecular weight excluding hydrogens is 280 g/mol. The average Bonchev–Trinajstić information content (AvgIpc) is 2.28. The summed E-state index contributed by atoms with van der Waals surface area (Å²) < 4.78 is 6.09. The number of ether oxygens (including phenoxy) is 1. The standard InChI is InChI=1S/C14H19BrO2/c1-5-12(16)14(9(2)3)10-6-7-13(17-4)11(15)8-10/h6-9,14H,5H2,1-4H3. The largest absolute Gasteiger partial charge is 0.496 e. The van der Waals surface area contributed by atoms with E-state index in [1.165, 1.54) is 0 Å². The van der Waals surface area contributed by atoms with Crippen LogP contribution in [0.15, 0.2) is 22.7 Å². The average molecular weight is 299 g/mol. The van der Waals surface area contributed by atoms with Gasteiger partial charge in [0.2, 0.25) is 0 Å². The van der Waals surface area contributed by atoms with Gasteiger partial charge in [0.25, 0.3) is 0 Å². The fraction of sp³-hybridized carbons (Fsp3) is 0.500. The molecule has 0 heterocycles. The molecule has 0 spiro atoms. The number of Topliss-reactive ketones (excluding diaryl/α,β-unsaturated/α-hetero) is 1. The van der Waals surface area contributed by atoms with Crippen molar-refractivity contribution < 1.29 is 9.53 Å². The van der Waals surface area contributed by atoms with Gasteiger partial charge in [-0.1, -0.05) is 26.8 Å². The first-order valence-corrected chi connectivity index (χ1v) is 6.66.